The second-order valence-electron chi connectivity index (χ2n) is 5.28. The number of fused-ring (bicyclic) bond motifs is 1. The summed E-state index contributed by atoms with van der Waals surface area (Å²) in [6.45, 7) is 3.83. The minimum Gasteiger partial charge on any atom is -0.373 e. The molecule has 0 saturated carbocycles. The molecule has 1 aromatic carbocycles. The summed E-state index contributed by atoms with van der Waals surface area (Å²) in [6, 6.07) is 6.12. The molecule has 1 fully saturated rings. The van der Waals surface area contributed by atoms with Crippen molar-refractivity contribution in [1.29, 1.82) is 0 Å². The number of benzene rings is 1. The molecule has 1 saturated heterocycles. The molecular formula is C14H16BrClN2O. The summed E-state index contributed by atoms with van der Waals surface area (Å²) in [7, 11) is 0. The van der Waals surface area contributed by atoms with E-state index in [0.29, 0.717) is 5.88 Å². The molecule has 3 nitrogen and oxygen atoms in total. The summed E-state index contributed by atoms with van der Waals surface area (Å²) < 4.78 is 9.14. The summed E-state index contributed by atoms with van der Waals surface area (Å²) in [4.78, 5) is 4.60. The second-order valence-corrected chi connectivity index (χ2v) is 6.47. The number of hydrogen-bond acceptors (Lipinski definition) is 2. The third-order valence-corrected chi connectivity index (χ3v) is 4.43. The van der Waals surface area contributed by atoms with Gasteiger partial charge in [0.2, 0.25) is 0 Å². The van der Waals surface area contributed by atoms with Crippen LogP contribution in [0.1, 0.15) is 25.6 Å². The molecule has 0 radical (unpaired) electrons. The number of halogens is 2. The highest BCUT2D eigenvalue weighted by Gasteiger charge is 2.31. The smallest absolute Gasteiger partial charge is 0.124 e. The molecule has 5 heteroatoms. The van der Waals surface area contributed by atoms with Gasteiger partial charge in [0, 0.05) is 11.1 Å². The maximum Gasteiger partial charge on any atom is 0.124 e. The number of rotatable bonds is 3. The molecule has 3 rings (SSSR count). The lowest BCUT2D eigenvalue weighted by molar-refractivity contribution is 0.00661. The Balaban J connectivity index is 2.07. The van der Waals surface area contributed by atoms with Crippen molar-refractivity contribution < 1.29 is 4.74 Å². The van der Waals surface area contributed by atoms with Crippen LogP contribution in [-0.2, 0) is 17.2 Å². The van der Waals surface area contributed by atoms with E-state index in [9.17, 15) is 0 Å². The molecular weight excluding hydrogens is 328 g/mol. The Morgan fingerprint density at radius 1 is 1.53 bits per heavy atom. The third kappa shape index (κ3) is 2.54. The average molecular weight is 344 g/mol. The first-order chi connectivity index (χ1) is 9.11. The van der Waals surface area contributed by atoms with Crippen LogP contribution in [-0.4, -0.2) is 21.8 Å². The first kappa shape index (κ1) is 13.4. The quantitative estimate of drug-likeness (QED) is 0.784. The molecule has 0 spiro atoms. The monoisotopic (exact) mass is 342 g/mol. The molecule has 0 bridgehead atoms. The van der Waals surface area contributed by atoms with Gasteiger partial charge in [0.1, 0.15) is 5.82 Å². The van der Waals surface area contributed by atoms with E-state index in [1.165, 1.54) is 0 Å². The summed E-state index contributed by atoms with van der Waals surface area (Å²) in [5, 5.41) is 0. The average Bonchev–Trinajstić information content (AvgIpc) is 2.95. The zero-order valence-corrected chi connectivity index (χ0v) is 13.2. The topological polar surface area (TPSA) is 27.1 Å². The standard InChI is InChI=1S/C14H16BrClN2O/c1-14(5-2-6-19-14)9-18-12-7-10(15)3-4-11(12)17-13(18)8-16/h3-4,7H,2,5-6,8-9H2,1H3. The van der Waals surface area contributed by atoms with Crippen molar-refractivity contribution in [3.63, 3.8) is 0 Å². The van der Waals surface area contributed by atoms with Gasteiger partial charge in [0.25, 0.3) is 0 Å². The molecule has 1 atom stereocenters. The Labute approximate surface area is 126 Å². The van der Waals surface area contributed by atoms with Gasteiger partial charge < -0.3 is 9.30 Å². The molecule has 19 heavy (non-hydrogen) atoms. The largest absolute Gasteiger partial charge is 0.373 e. The third-order valence-electron chi connectivity index (χ3n) is 3.70. The van der Waals surface area contributed by atoms with E-state index in [1.54, 1.807) is 0 Å². The van der Waals surface area contributed by atoms with Crippen LogP contribution in [0.15, 0.2) is 22.7 Å². The lowest BCUT2D eigenvalue weighted by Gasteiger charge is -2.25. The fourth-order valence-electron chi connectivity index (χ4n) is 2.72. The van der Waals surface area contributed by atoms with E-state index < -0.39 is 0 Å². The van der Waals surface area contributed by atoms with Crippen LogP contribution >= 0.6 is 27.5 Å². The molecule has 102 valence electrons. The molecule has 1 aliphatic heterocycles. The Morgan fingerprint density at radius 2 is 2.37 bits per heavy atom. The molecule has 1 aromatic heterocycles. The van der Waals surface area contributed by atoms with Gasteiger partial charge in [-0.2, -0.15) is 0 Å². The van der Waals surface area contributed by atoms with Gasteiger partial charge >= 0.3 is 0 Å². The van der Waals surface area contributed by atoms with Crippen molar-refractivity contribution in [2.24, 2.45) is 0 Å². The van der Waals surface area contributed by atoms with Crippen molar-refractivity contribution in [2.45, 2.75) is 37.8 Å². The summed E-state index contributed by atoms with van der Waals surface area (Å²) in [6.07, 6.45) is 2.21. The number of imidazole rings is 1. The van der Waals surface area contributed by atoms with E-state index in [0.717, 1.165) is 47.3 Å². The second kappa shape index (κ2) is 5.08. The molecule has 2 aromatic rings. The van der Waals surface area contributed by atoms with Gasteiger partial charge in [-0.05, 0) is 38.0 Å². The SMILES string of the molecule is CC1(Cn2c(CCl)nc3ccc(Br)cc32)CCCO1. The Morgan fingerprint density at radius 3 is 3.05 bits per heavy atom. The van der Waals surface area contributed by atoms with Crippen molar-refractivity contribution in [3.8, 4) is 0 Å². The lowest BCUT2D eigenvalue weighted by Crippen LogP contribution is -2.30. The zero-order valence-electron chi connectivity index (χ0n) is 10.8. The Kier molecular flexibility index (Phi) is 3.58. The van der Waals surface area contributed by atoms with Gasteiger partial charge in [-0.1, -0.05) is 15.9 Å². The molecule has 0 aliphatic carbocycles. The maximum atomic E-state index is 6.04. The molecule has 2 heterocycles. The van der Waals surface area contributed by atoms with Crippen LogP contribution in [0, 0.1) is 0 Å². The van der Waals surface area contributed by atoms with Crippen molar-refractivity contribution in [1.82, 2.24) is 9.55 Å². The normalized spacial score (nSPS) is 23.3. The van der Waals surface area contributed by atoms with Crippen LogP contribution in [0.4, 0.5) is 0 Å². The van der Waals surface area contributed by atoms with Gasteiger partial charge in [-0.25, -0.2) is 4.98 Å². The number of aromatic nitrogens is 2. The summed E-state index contributed by atoms with van der Waals surface area (Å²) in [5.74, 6) is 1.33. The molecule has 1 unspecified atom stereocenters. The van der Waals surface area contributed by atoms with Gasteiger partial charge in [0.15, 0.2) is 0 Å². The molecule has 0 N–H and O–H groups in total. The highest BCUT2D eigenvalue weighted by atomic mass is 79.9. The number of nitrogens with zero attached hydrogens (tertiary/aromatic N) is 2. The van der Waals surface area contributed by atoms with E-state index in [2.05, 4.69) is 38.5 Å². The summed E-state index contributed by atoms with van der Waals surface area (Å²) >= 11 is 9.56. The first-order valence-corrected chi connectivity index (χ1v) is 7.79. The van der Waals surface area contributed by atoms with E-state index in [4.69, 9.17) is 16.3 Å². The summed E-state index contributed by atoms with van der Waals surface area (Å²) in [5.41, 5.74) is 2.00. The van der Waals surface area contributed by atoms with Gasteiger partial charge in [-0.15, -0.1) is 11.6 Å². The first-order valence-electron chi connectivity index (χ1n) is 6.46. The predicted octanol–water partition coefficient (Wildman–Crippen LogP) is 4.11. The van der Waals surface area contributed by atoms with Crippen LogP contribution < -0.4 is 0 Å². The van der Waals surface area contributed by atoms with Crippen molar-refractivity contribution in [2.75, 3.05) is 6.61 Å². The minimum absolute atomic E-state index is 0.100. The highest BCUT2D eigenvalue weighted by Crippen LogP contribution is 2.30. The minimum atomic E-state index is -0.100. The van der Waals surface area contributed by atoms with Crippen LogP contribution in [0.25, 0.3) is 11.0 Å². The Bertz CT molecular complexity index is 605. The van der Waals surface area contributed by atoms with Crippen LogP contribution in [0.5, 0.6) is 0 Å². The lowest BCUT2D eigenvalue weighted by atomic mass is 10.0. The van der Waals surface area contributed by atoms with Crippen molar-refractivity contribution >= 4 is 38.6 Å². The number of ether oxygens (including phenoxy) is 1. The fourth-order valence-corrected chi connectivity index (χ4v) is 3.27. The molecule has 1 aliphatic rings. The zero-order chi connectivity index (χ0) is 13.5. The van der Waals surface area contributed by atoms with Crippen LogP contribution in [0.2, 0.25) is 0 Å². The van der Waals surface area contributed by atoms with Crippen molar-refractivity contribution in [3.05, 3.63) is 28.5 Å². The number of hydrogen-bond donors (Lipinski definition) is 0. The van der Waals surface area contributed by atoms with E-state index >= 15 is 0 Å². The van der Waals surface area contributed by atoms with Gasteiger partial charge in [-0.3, -0.25) is 0 Å². The maximum absolute atomic E-state index is 6.04. The van der Waals surface area contributed by atoms with E-state index in [1.807, 2.05) is 12.1 Å². The predicted molar refractivity (Wildman–Crippen MR) is 80.6 cm³/mol. The Hall–Kier alpha value is -0.580. The van der Waals surface area contributed by atoms with Gasteiger partial charge in [0.05, 0.1) is 29.1 Å². The van der Waals surface area contributed by atoms with Crippen LogP contribution in [0.3, 0.4) is 0 Å². The number of alkyl halides is 1. The molecule has 0 amide bonds. The highest BCUT2D eigenvalue weighted by molar-refractivity contribution is 9.10. The van der Waals surface area contributed by atoms with E-state index in [-0.39, 0.29) is 5.60 Å². The fraction of sp³-hybridized carbons (Fsp3) is 0.500.